The van der Waals surface area contributed by atoms with Gasteiger partial charge in [0.15, 0.2) is 0 Å². The van der Waals surface area contributed by atoms with Crippen LogP contribution >= 0.6 is 39.9 Å². The molecule has 0 aliphatic rings. The minimum absolute atomic E-state index is 0.804. The largest absolute Gasteiger partial charge is 0.397 e. The Kier molecular flexibility index (Phi) is 2.06. The summed E-state index contributed by atoms with van der Waals surface area (Å²) in [6.07, 6.45) is 0. The van der Waals surface area contributed by atoms with Crippen molar-refractivity contribution in [3.63, 3.8) is 0 Å². The number of nitrogen functional groups attached to an aromatic ring is 1. The van der Waals surface area contributed by atoms with E-state index in [1.54, 1.807) is 11.3 Å². The van der Waals surface area contributed by atoms with Crippen molar-refractivity contribution < 1.29 is 0 Å². The predicted molar refractivity (Wildman–Crippen MR) is 61.2 cm³/mol. The zero-order chi connectivity index (χ0) is 8.72. The van der Waals surface area contributed by atoms with E-state index in [2.05, 4.69) is 28.6 Å². The third-order valence-electron chi connectivity index (χ3n) is 1.71. The summed E-state index contributed by atoms with van der Waals surface area (Å²) in [5.41, 5.74) is 6.66. The molecular weight excluding hydrogens is 254 g/mol. The first-order valence-corrected chi connectivity index (χ1v) is 5.46. The molecule has 0 fully saturated rings. The van der Waals surface area contributed by atoms with Gasteiger partial charge in [0.25, 0.3) is 0 Å². The van der Waals surface area contributed by atoms with E-state index in [0.717, 1.165) is 25.1 Å². The highest BCUT2D eigenvalue weighted by Crippen LogP contribution is 2.36. The third-order valence-corrected chi connectivity index (χ3v) is 3.97. The lowest BCUT2D eigenvalue weighted by Crippen LogP contribution is -1.85. The molecule has 1 aromatic carbocycles. The number of hydrogen-bond acceptors (Lipinski definition) is 3. The highest BCUT2D eigenvalue weighted by molar-refractivity contribution is 9.10. The predicted octanol–water partition coefficient (Wildman–Crippen LogP) is 3.53. The molecule has 0 spiro atoms. The Labute approximate surface area is 88.1 Å². The van der Waals surface area contributed by atoms with Crippen LogP contribution in [-0.4, -0.2) is 0 Å². The smallest absolute Gasteiger partial charge is 0.0640 e. The molecule has 4 heteroatoms. The van der Waals surface area contributed by atoms with Crippen LogP contribution in [-0.2, 0) is 0 Å². The summed E-state index contributed by atoms with van der Waals surface area (Å²) in [4.78, 5) is 0.995. The van der Waals surface area contributed by atoms with Crippen molar-refractivity contribution in [2.75, 3.05) is 5.73 Å². The lowest BCUT2D eigenvalue weighted by atomic mass is 10.2. The summed E-state index contributed by atoms with van der Waals surface area (Å²) in [6, 6.07) is 3.97. The van der Waals surface area contributed by atoms with E-state index >= 15 is 0 Å². The summed E-state index contributed by atoms with van der Waals surface area (Å²) in [5.74, 6) is 0. The molecule has 2 aromatic rings. The second-order valence-electron chi connectivity index (χ2n) is 2.46. The van der Waals surface area contributed by atoms with Gasteiger partial charge in [-0.25, -0.2) is 0 Å². The number of fused-ring (bicyclic) bond motifs is 1. The molecule has 1 nitrogen and oxygen atoms in total. The van der Waals surface area contributed by atoms with Crippen molar-refractivity contribution in [2.45, 2.75) is 4.90 Å². The van der Waals surface area contributed by atoms with Crippen molar-refractivity contribution in [2.24, 2.45) is 0 Å². The molecule has 0 bridgehead atoms. The van der Waals surface area contributed by atoms with E-state index in [9.17, 15) is 0 Å². The van der Waals surface area contributed by atoms with Crippen LogP contribution in [0.15, 0.2) is 26.9 Å². The molecule has 12 heavy (non-hydrogen) atoms. The third kappa shape index (κ3) is 1.14. The van der Waals surface area contributed by atoms with Gasteiger partial charge in [-0.3, -0.25) is 0 Å². The number of nitrogens with two attached hydrogens (primary N) is 1. The van der Waals surface area contributed by atoms with Gasteiger partial charge in [0, 0.05) is 20.1 Å². The van der Waals surface area contributed by atoms with E-state index < -0.39 is 0 Å². The van der Waals surface area contributed by atoms with Crippen LogP contribution in [0.4, 0.5) is 5.69 Å². The average Bonchev–Trinajstić information content (AvgIpc) is 2.41. The van der Waals surface area contributed by atoms with Gasteiger partial charge >= 0.3 is 0 Å². The molecule has 0 unspecified atom stereocenters. The first kappa shape index (κ1) is 8.41. The van der Waals surface area contributed by atoms with E-state index in [0.29, 0.717) is 0 Å². The van der Waals surface area contributed by atoms with Crippen LogP contribution in [0.3, 0.4) is 0 Å². The number of benzene rings is 1. The molecule has 0 atom stereocenters. The Hall–Kier alpha value is -0.190. The number of rotatable bonds is 0. The molecule has 0 radical (unpaired) electrons. The minimum Gasteiger partial charge on any atom is -0.397 e. The minimum atomic E-state index is 0.804. The van der Waals surface area contributed by atoms with Crippen molar-refractivity contribution >= 4 is 55.7 Å². The maximum Gasteiger partial charge on any atom is 0.0640 e. The lowest BCUT2D eigenvalue weighted by Gasteiger charge is -1.98. The zero-order valence-electron chi connectivity index (χ0n) is 6.04. The normalized spacial score (nSPS) is 10.8. The molecule has 0 aliphatic carbocycles. The highest BCUT2D eigenvalue weighted by atomic mass is 79.9. The maximum absolute atomic E-state index is 5.86. The molecule has 0 amide bonds. The van der Waals surface area contributed by atoms with Crippen LogP contribution in [0, 0.1) is 0 Å². The second-order valence-corrected chi connectivity index (χ2v) is 4.67. The Morgan fingerprint density at radius 1 is 1.42 bits per heavy atom. The molecule has 0 saturated carbocycles. The fraction of sp³-hybridized carbons (Fsp3) is 0. The van der Waals surface area contributed by atoms with Gasteiger partial charge in [-0.2, -0.15) is 0 Å². The zero-order valence-corrected chi connectivity index (χ0v) is 9.34. The molecule has 1 aromatic heterocycles. The summed E-state index contributed by atoms with van der Waals surface area (Å²) in [5, 5.41) is 3.13. The van der Waals surface area contributed by atoms with Gasteiger partial charge < -0.3 is 5.73 Å². The van der Waals surface area contributed by atoms with Crippen molar-refractivity contribution in [1.82, 2.24) is 0 Å². The van der Waals surface area contributed by atoms with Crippen LogP contribution in [0.1, 0.15) is 0 Å². The molecule has 62 valence electrons. The first-order valence-electron chi connectivity index (χ1n) is 3.34. The summed E-state index contributed by atoms with van der Waals surface area (Å²) < 4.78 is 2.06. The first-order chi connectivity index (χ1) is 5.70. The van der Waals surface area contributed by atoms with E-state index in [1.165, 1.54) is 0 Å². The van der Waals surface area contributed by atoms with E-state index in [4.69, 9.17) is 5.73 Å². The fourth-order valence-electron chi connectivity index (χ4n) is 1.08. The second kappa shape index (κ2) is 2.94. The Balaban J connectivity index is 2.93. The van der Waals surface area contributed by atoms with Gasteiger partial charge in [-0.1, -0.05) is 6.07 Å². The van der Waals surface area contributed by atoms with E-state index in [-0.39, 0.29) is 0 Å². The van der Waals surface area contributed by atoms with Gasteiger partial charge in [0.2, 0.25) is 0 Å². The van der Waals surface area contributed by atoms with Crippen LogP contribution < -0.4 is 5.73 Å². The van der Waals surface area contributed by atoms with Crippen molar-refractivity contribution in [3.05, 3.63) is 22.0 Å². The molecule has 2 rings (SSSR count). The van der Waals surface area contributed by atoms with Gasteiger partial charge in [-0.15, -0.1) is 24.0 Å². The Morgan fingerprint density at radius 2 is 2.17 bits per heavy atom. The van der Waals surface area contributed by atoms with Crippen LogP contribution in [0.5, 0.6) is 0 Å². The molecule has 0 saturated heterocycles. The Morgan fingerprint density at radius 3 is 2.92 bits per heavy atom. The van der Waals surface area contributed by atoms with Gasteiger partial charge in [0.1, 0.15) is 0 Å². The summed E-state index contributed by atoms with van der Waals surface area (Å²) in [7, 11) is 0. The summed E-state index contributed by atoms with van der Waals surface area (Å²) in [6.45, 7) is 0. The maximum atomic E-state index is 5.86. The van der Waals surface area contributed by atoms with Crippen molar-refractivity contribution in [3.8, 4) is 0 Å². The molecular formula is C8H6BrNS2. The lowest BCUT2D eigenvalue weighted by molar-refractivity contribution is 1.65. The van der Waals surface area contributed by atoms with Crippen LogP contribution in [0.2, 0.25) is 0 Å². The van der Waals surface area contributed by atoms with E-state index in [1.807, 2.05) is 17.5 Å². The number of anilines is 1. The average molecular weight is 260 g/mol. The standard InChI is InChI=1S/C8H6BrNS2/c9-5-2-1-4-6(11)3-12-8(4)7(5)10/h1-3,11H,10H2. The van der Waals surface area contributed by atoms with Crippen LogP contribution in [0.25, 0.3) is 10.1 Å². The SMILES string of the molecule is Nc1c(Br)ccc2c(S)csc12. The highest BCUT2D eigenvalue weighted by Gasteiger charge is 2.05. The number of thiol groups is 1. The Bertz CT molecular complexity index is 436. The van der Waals surface area contributed by atoms with Gasteiger partial charge in [0.05, 0.1) is 10.4 Å². The van der Waals surface area contributed by atoms with Gasteiger partial charge in [-0.05, 0) is 22.0 Å². The molecule has 0 aliphatic heterocycles. The number of thiophene rings is 1. The summed E-state index contributed by atoms with van der Waals surface area (Å²) >= 11 is 9.33. The van der Waals surface area contributed by atoms with Crippen molar-refractivity contribution in [1.29, 1.82) is 0 Å². The monoisotopic (exact) mass is 259 g/mol. The topological polar surface area (TPSA) is 26.0 Å². The molecule has 2 N–H and O–H groups in total. The number of hydrogen-bond donors (Lipinski definition) is 2. The fourth-order valence-corrected chi connectivity index (χ4v) is 2.86. The molecule has 1 heterocycles. The number of halogens is 1. The quantitative estimate of drug-likeness (QED) is 0.550.